The van der Waals surface area contributed by atoms with Crippen LogP contribution in [-0.2, 0) is 16.6 Å². The number of sulfonamides is 1. The molecule has 0 atom stereocenters. The van der Waals surface area contributed by atoms with E-state index in [1.807, 2.05) is 11.8 Å². The molecule has 0 spiro atoms. The van der Waals surface area contributed by atoms with E-state index in [2.05, 4.69) is 4.72 Å². The molecule has 0 amide bonds. The largest absolute Gasteiger partial charge is 0.391 e. The summed E-state index contributed by atoms with van der Waals surface area (Å²) in [6.07, 6.45) is 1.78. The standard InChI is InChI=1S/C10H15NO3S3/c12-7-9-1-2-10(16-9)17(13,14)11-8-3-5-15-6-4-8/h1-2,8,11-12H,3-7H2. The molecule has 0 saturated carbocycles. The molecular formula is C10H15NO3S3. The van der Waals surface area contributed by atoms with Crippen LogP contribution in [0.4, 0.5) is 0 Å². The minimum absolute atomic E-state index is 0.0564. The van der Waals surface area contributed by atoms with Gasteiger partial charge < -0.3 is 5.11 Å². The van der Waals surface area contributed by atoms with Crippen LogP contribution in [0.1, 0.15) is 17.7 Å². The van der Waals surface area contributed by atoms with Crippen molar-refractivity contribution in [3.8, 4) is 0 Å². The van der Waals surface area contributed by atoms with Gasteiger partial charge in [-0.1, -0.05) is 0 Å². The molecule has 4 nitrogen and oxygen atoms in total. The minimum atomic E-state index is -3.40. The molecule has 1 fully saturated rings. The quantitative estimate of drug-likeness (QED) is 0.881. The lowest BCUT2D eigenvalue weighted by molar-refractivity contribution is 0.285. The maximum atomic E-state index is 12.0. The lowest BCUT2D eigenvalue weighted by Crippen LogP contribution is -2.36. The first-order valence-electron chi connectivity index (χ1n) is 5.41. The fraction of sp³-hybridized carbons (Fsp3) is 0.600. The van der Waals surface area contributed by atoms with Gasteiger partial charge in [0, 0.05) is 10.9 Å². The zero-order valence-electron chi connectivity index (χ0n) is 9.26. The van der Waals surface area contributed by atoms with Crippen molar-refractivity contribution in [2.24, 2.45) is 0 Å². The van der Waals surface area contributed by atoms with Crippen molar-refractivity contribution in [2.75, 3.05) is 11.5 Å². The number of thiophene rings is 1. The maximum absolute atomic E-state index is 12.0. The number of nitrogens with one attached hydrogen (secondary N) is 1. The molecule has 0 aliphatic carbocycles. The summed E-state index contributed by atoms with van der Waals surface area (Å²) in [6.45, 7) is -0.111. The lowest BCUT2D eigenvalue weighted by Gasteiger charge is -2.21. The molecule has 0 aromatic carbocycles. The Hall–Kier alpha value is -0.0800. The molecule has 0 radical (unpaired) electrons. The average molecular weight is 293 g/mol. The van der Waals surface area contributed by atoms with Crippen LogP contribution in [0.15, 0.2) is 16.3 Å². The highest BCUT2D eigenvalue weighted by Crippen LogP contribution is 2.24. The van der Waals surface area contributed by atoms with Crippen LogP contribution < -0.4 is 4.72 Å². The van der Waals surface area contributed by atoms with Gasteiger partial charge >= 0.3 is 0 Å². The second kappa shape index (κ2) is 5.71. The Bertz CT molecular complexity index is 463. The van der Waals surface area contributed by atoms with Crippen molar-refractivity contribution in [2.45, 2.75) is 29.7 Å². The van der Waals surface area contributed by atoms with Crippen LogP contribution in [0.25, 0.3) is 0 Å². The van der Waals surface area contributed by atoms with Crippen LogP contribution in [-0.4, -0.2) is 31.1 Å². The van der Waals surface area contributed by atoms with Crippen LogP contribution in [0, 0.1) is 0 Å². The van der Waals surface area contributed by atoms with E-state index >= 15 is 0 Å². The van der Waals surface area contributed by atoms with Crippen molar-refractivity contribution in [1.82, 2.24) is 4.72 Å². The Balaban J connectivity index is 2.07. The summed E-state index contributed by atoms with van der Waals surface area (Å²) < 4.78 is 27.1. The van der Waals surface area contributed by atoms with Gasteiger partial charge in [0.05, 0.1) is 6.61 Å². The highest BCUT2D eigenvalue weighted by molar-refractivity contribution is 7.99. The third-order valence-corrected chi connectivity index (χ3v) is 6.73. The van der Waals surface area contributed by atoms with Crippen LogP contribution in [0.3, 0.4) is 0 Å². The van der Waals surface area contributed by atoms with Gasteiger partial charge in [0.1, 0.15) is 4.21 Å². The Kier molecular flexibility index (Phi) is 4.48. The van der Waals surface area contributed by atoms with E-state index in [0.29, 0.717) is 9.09 Å². The maximum Gasteiger partial charge on any atom is 0.250 e. The minimum Gasteiger partial charge on any atom is -0.391 e. The molecule has 1 aromatic heterocycles. The predicted molar refractivity (Wildman–Crippen MR) is 70.9 cm³/mol. The zero-order chi connectivity index (χ0) is 12.3. The molecule has 0 bridgehead atoms. The van der Waals surface area contributed by atoms with Crippen molar-refractivity contribution in [3.05, 3.63) is 17.0 Å². The highest BCUT2D eigenvalue weighted by atomic mass is 32.2. The van der Waals surface area contributed by atoms with Gasteiger partial charge in [-0.2, -0.15) is 11.8 Å². The van der Waals surface area contributed by atoms with Crippen molar-refractivity contribution >= 4 is 33.1 Å². The summed E-state index contributed by atoms with van der Waals surface area (Å²) >= 11 is 2.99. The molecule has 96 valence electrons. The van der Waals surface area contributed by atoms with Gasteiger partial charge in [0.2, 0.25) is 10.0 Å². The Morgan fingerprint density at radius 2 is 2.06 bits per heavy atom. The number of aliphatic hydroxyl groups excluding tert-OH is 1. The third kappa shape index (κ3) is 3.45. The predicted octanol–water partition coefficient (Wildman–Crippen LogP) is 1.41. The van der Waals surface area contributed by atoms with Gasteiger partial charge in [-0.05, 0) is 36.5 Å². The average Bonchev–Trinajstić information content (AvgIpc) is 2.79. The SMILES string of the molecule is O=S(=O)(NC1CCSCC1)c1ccc(CO)s1. The Morgan fingerprint density at radius 1 is 1.35 bits per heavy atom. The molecule has 2 heterocycles. The van der Waals surface area contributed by atoms with E-state index in [0.717, 1.165) is 35.7 Å². The summed E-state index contributed by atoms with van der Waals surface area (Å²) in [7, 11) is -3.40. The molecule has 1 aliphatic heterocycles. The van der Waals surface area contributed by atoms with Gasteiger partial charge in [-0.3, -0.25) is 0 Å². The number of rotatable bonds is 4. The summed E-state index contributed by atoms with van der Waals surface area (Å²) in [5.41, 5.74) is 0. The molecular weight excluding hydrogens is 278 g/mol. The number of hydrogen-bond acceptors (Lipinski definition) is 5. The van der Waals surface area contributed by atoms with Crippen LogP contribution in [0.2, 0.25) is 0 Å². The molecule has 1 aromatic rings. The molecule has 7 heteroatoms. The van der Waals surface area contributed by atoms with Gasteiger partial charge in [-0.25, -0.2) is 13.1 Å². The Morgan fingerprint density at radius 3 is 2.65 bits per heavy atom. The van der Waals surface area contributed by atoms with Gasteiger partial charge in [0.25, 0.3) is 0 Å². The summed E-state index contributed by atoms with van der Waals surface area (Å²) in [4.78, 5) is 0.671. The molecule has 1 aliphatic rings. The lowest BCUT2D eigenvalue weighted by atomic mass is 10.2. The van der Waals surface area contributed by atoms with Gasteiger partial charge in [0.15, 0.2) is 0 Å². The number of hydrogen-bond donors (Lipinski definition) is 2. The second-order valence-corrected chi connectivity index (χ2v) is 8.22. The monoisotopic (exact) mass is 293 g/mol. The van der Waals surface area contributed by atoms with Gasteiger partial charge in [-0.15, -0.1) is 11.3 Å². The number of thioether (sulfide) groups is 1. The summed E-state index contributed by atoms with van der Waals surface area (Å²) in [5, 5.41) is 8.93. The van der Waals surface area contributed by atoms with Crippen molar-refractivity contribution in [3.63, 3.8) is 0 Å². The van der Waals surface area contributed by atoms with Crippen molar-refractivity contribution < 1.29 is 13.5 Å². The van der Waals surface area contributed by atoms with E-state index in [1.165, 1.54) is 0 Å². The first-order chi connectivity index (χ1) is 8.12. The van der Waals surface area contributed by atoms with Crippen LogP contribution >= 0.6 is 23.1 Å². The fourth-order valence-corrected chi connectivity index (χ4v) is 5.32. The molecule has 2 rings (SSSR count). The van der Waals surface area contributed by atoms with E-state index < -0.39 is 10.0 Å². The topological polar surface area (TPSA) is 66.4 Å². The summed E-state index contributed by atoms with van der Waals surface area (Å²) in [5.74, 6) is 2.03. The fourth-order valence-electron chi connectivity index (χ4n) is 1.68. The van der Waals surface area contributed by atoms with E-state index in [1.54, 1.807) is 12.1 Å². The molecule has 1 saturated heterocycles. The normalized spacial score (nSPS) is 18.4. The molecule has 2 N–H and O–H groups in total. The zero-order valence-corrected chi connectivity index (χ0v) is 11.7. The highest BCUT2D eigenvalue weighted by Gasteiger charge is 2.23. The number of aliphatic hydroxyl groups is 1. The van der Waals surface area contributed by atoms with E-state index in [4.69, 9.17) is 5.11 Å². The Labute approximate surface area is 109 Å². The van der Waals surface area contributed by atoms with E-state index in [-0.39, 0.29) is 12.6 Å². The third-order valence-electron chi connectivity index (χ3n) is 2.60. The molecule has 0 unspecified atom stereocenters. The van der Waals surface area contributed by atoms with Crippen molar-refractivity contribution in [1.29, 1.82) is 0 Å². The van der Waals surface area contributed by atoms with E-state index in [9.17, 15) is 8.42 Å². The van der Waals surface area contributed by atoms with Crippen LogP contribution in [0.5, 0.6) is 0 Å². The first-order valence-corrected chi connectivity index (χ1v) is 8.87. The summed E-state index contributed by atoms with van der Waals surface area (Å²) in [6, 6.07) is 3.26. The smallest absolute Gasteiger partial charge is 0.250 e. The second-order valence-electron chi connectivity index (χ2n) is 3.89. The molecule has 17 heavy (non-hydrogen) atoms. The first kappa shape index (κ1) is 13.4.